The van der Waals surface area contributed by atoms with E-state index in [4.69, 9.17) is 4.65 Å². The summed E-state index contributed by atoms with van der Waals surface area (Å²) in [5.41, 5.74) is 5.09. The van der Waals surface area contributed by atoms with Gasteiger partial charge in [0.2, 0.25) is 0 Å². The minimum absolute atomic E-state index is 0.0981. The standard InChI is InChI=1S/C12H15BO2/c1-2-12-10-6-8-4-3-5-9(8)7-11(10)13(14)15-12/h6-7,12,14H,2-5H2,1H3/t12-/m0/s1. The van der Waals surface area contributed by atoms with E-state index >= 15 is 0 Å². The SMILES string of the molecule is CC[C@@H]1OB(O)c2cc3c(cc21)CCC3. The number of rotatable bonds is 1. The van der Waals surface area contributed by atoms with Crippen molar-refractivity contribution < 1.29 is 9.68 Å². The van der Waals surface area contributed by atoms with Gasteiger partial charge < -0.3 is 9.68 Å². The zero-order chi connectivity index (χ0) is 10.4. The zero-order valence-electron chi connectivity index (χ0n) is 8.99. The van der Waals surface area contributed by atoms with Gasteiger partial charge in [0, 0.05) is 0 Å². The molecule has 0 fully saturated rings. The normalized spacial score (nSPS) is 23.1. The third-order valence-corrected chi connectivity index (χ3v) is 3.57. The van der Waals surface area contributed by atoms with Crippen LogP contribution in [0.25, 0.3) is 0 Å². The Morgan fingerprint density at radius 2 is 2.13 bits per heavy atom. The van der Waals surface area contributed by atoms with E-state index < -0.39 is 7.12 Å². The van der Waals surface area contributed by atoms with Gasteiger partial charge in [0.15, 0.2) is 0 Å². The summed E-state index contributed by atoms with van der Waals surface area (Å²) < 4.78 is 5.52. The van der Waals surface area contributed by atoms with Crippen LogP contribution in [-0.4, -0.2) is 12.1 Å². The Kier molecular flexibility index (Phi) is 2.11. The smallest absolute Gasteiger partial charge is 0.423 e. The molecule has 0 aromatic heterocycles. The summed E-state index contributed by atoms with van der Waals surface area (Å²) in [7, 11) is -0.698. The molecule has 3 rings (SSSR count). The van der Waals surface area contributed by atoms with Crippen LogP contribution in [0.4, 0.5) is 0 Å². The molecule has 0 saturated heterocycles. The topological polar surface area (TPSA) is 29.5 Å². The lowest BCUT2D eigenvalue weighted by atomic mass is 9.77. The van der Waals surface area contributed by atoms with Crippen molar-refractivity contribution in [1.29, 1.82) is 0 Å². The molecular formula is C12H15BO2. The molecule has 1 aromatic carbocycles. The first-order valence-electron chi connectivity index (χ1n) is 5.78. The van der Waals surface area contributed by atoms with Crippen LogP contribution in [0.2, 0.25) is 0 Å². The van der Waals surface area contributed by atoms with Crippen molar-refractivity contribution in [2.45, 2.75) is 38.7 Å². The second kappa shape index (κ2) is 3.36. The van der Waals surface area contributed by atoms with E-state index in [0.29, 0.717) is 0 Å². The van der Waals surface area contributed by atoms with E-state index in [1.165, 1.54) is 29.5 Å². The Morgan fingerprint density at radius 3 is 2.87 bits per heavy atom. The van der Waals surface area contributed by atoms with E-state index in [2.05, 4.69) is 19.1 Å². The monoisotopic (exact) mass is 202 g/mol. The van der Waals surface area contributed by atoms with Crippen LogP contribution in [0.1, 0.15) is 42.6 Å². The van der Waals surface area contributed by atoms with Gasteiger partial charge >= 0.3 is 7.12 Å². The molecule has 0 radical (unpaired) electrons. The molecule has 0 unspecified atom stereocenters. The molecule has 1 aliphatic heterocycles. The Balaban J connectivity index is 2.11. The maximum absolute atomic E-state index is 9.79. The van der Waals surface area contributed by atoms with Crippen LogP contribution >= 0.6 is 0 Å². The average molecular weight is 202 g/mol. The number of hydrogen-bond acceptors (Lipinski definition) is 2. The van der Waals surface area contributed by atoms with Crippen LogP contribution in [0.5, 0.6) is 0 Å². The molecule has 1 atom stereocenters. The second-order valence-corrected chi connectivity index (χ2v) is 4.49. The van der Waals surface area contributed by atoms with Crippen LogP contribution in [0, 0.1) is 0 Å². The Hall–Kier alpha value is -0.795. The van der Waals surface area contributed by atoms with Gasteiger partial charge in [-0.2, -0.15) is 0 Å². The van der Waals surface area contributed by atoms with Crippen LogP contribution in [0.3, 0.4) is 0 Å². The molecule has 0 saturated carbocycles. The summed E-state index contributed by atoms with van der Waals surface area (Å²) in [4.78, 5) is 0. The third-order valence-electron chi connectivity index (χ3n) is 3.57. The van der Waals surface area contributed by atoms with Gasteiger partial charge in [-0.25, -0.2) is 0 Å². The summed E-state index contributed by atoms with van der Waals surface area (Å²) in [5.74, 6) is 0. The Bertz CT molecular complexity index is 403. The number of hydrogen-bond donors (Lipinski definition) is 1. The van der Waals surface area contributed by atoms with Gasteiger partial charge in [-0.15, -0.1) is 0 Å². The summed E-state index contributed by atoms with van der Waals surface area (Å²) in [6.07, 6.45) is 4.64. The summed E-state index contributed by atoms with van der Waals surface area (Å²) in [5, 5.41) is 9.79. The van der Waals surface area contributed by atoms with Gasteiger partial charge in [0.05, 0.1) is 6.10 Å². The Morgan fingerprint density at radius 1 is 1.40 bits per heavy atom. The molecule has 1 aliphatic carbocycles. The first-order valence-corrected chi connectivity index (χ1v) is 5.78. The predicted octanol–water partition coefficient (Wildman–Crippen LogP) is 1.34. The number of aryl methyl sites for hydroxylation is 2. The first kappa shape index (κ1) is 9.43. The molecule has 0 bridgehead atoms. The van der Waals surface area contributed by atoms with Gasteiger partial charge in [-0.05, 0) is 47.8 Å². The molecule has 0 amide bonds. The fourth-order valence-electron chi connectivity index (χ4n) is 2.77. The molecule has 3 heteroatoms. The van der Waals surface area contributed by atoms with E-state index in [9.17, 15) is 5.02 Å². The van der Waals surface area contributed by atoms with Crippen molar-refractivity contribution in [2.75, 3.05) is 0 Å². The fourth-order valence-corrected chi connectivity index (χ4v) is 2.77. The van der Waals surface area contributed by atoms with Gasteiger partial charge in [0.25, 0.3) is 0 Å². The number of benzene rings is 1. The minimum Gasteiger partial charge on any atom is -0.423 e. The average Bonchev–Trinajstić information content (AvgIpc) is 2.81. The van der Waals surface area contributed by atoms with Crippen LogP contribution in [0.15, 0.2) is 12.1 Å². The molecular weight excluding hydrogens is 187 g/mol. The summed E-state index contributed by atoms with van der Waals surface area (Å²) in [6.45, 7) is 2.10. The highest BCUT2D eigenvalue weighted by atomic mass is 16.5. The van der Waals surface area contributed by atoms with Crippen molar-refractivity contribution in [1.82, 2.24) is 0 Å². The summed E-state index contributed by atoms with van der Waals surface area (Å²) in [6, 6.07) is 4.40. The highest BCUT2D eigenvalue weighted by Crippen LogP contribution is 2.31. The molecule has 0 spiro atoms. The van der Waals surface area contributed by atoms with Gasteiger partial charge in [-0.3, -0.25) is 0 Å². The lowest BCUT2D eigenvalue weighted by Crippen LogP contribution is -2.28. The van der Waals surface area contributed by atoms with Gasteiger partial charge in [0.1, 0.15) is 0 Å². The molecule has 1 N–H and O–H groups in total. The lowest BCUT2D eigenvalue weighted by Gasteiger charge is -2.09. The summed E-state index contributed by atoms with van der Waals surface area (Å²) >= 11 is 0. The number of fused-ring (bicyclic) bond motifs is 2. The van der Waals surface area contributed by atoms with Crippen molar-refractivity contribution in [3.8, 4) is 0 Å². The van der Waals surface area contributed by atoms with Crippen LogP contribution in [-0.2, 0) is 17.5 Å². The minimum atomic E-state index is -0.698. The molecule has 2 nitrogen and oxygen atoms in total. The largest absolute Gasteiger partial charge is 0.491 e. The fraction of sp³-hybridized carbons (Fsp3) is 0.500. The first-order chi connectivity index (χ1) is 7.29. The lowest BCUT2D eigenvalue weighted by molar-refractivity contribution is 0.186. The second-order valence-electron chi connectivity index (χ2n) is 4.49. The molecule has 2 aliphatic rings. The van der Waals surface area contributed by atoms with E-state index in [-0.39, 0.29) is 6.10 Å². The van der Waals surface area contributed by atoms with E-state index in [1.54, 1.807) is 0 Å². The maximum atomic E-state index is 9.79. The molecule has 1 aromatic rings. The highest BCUT2D eigenvalue weighted by Gasteiger charge is 2.35. The quantitative estimate of drug-likeness (QED) is 0.696. The molecule has 15 heavy (non-hydrogen) atoms. The van der Waals surface area contributed by atoms with E-state index in [0.717, 1.165) is 18.3 Å². The van der Waals surface area contributed by atoms with Gasteiger partial charge in [-0.1, -0.05) is 19.1 Å². The van der Waals surface area contributed by atoms with Crippen molar-refractivity contribution >= 4 is 12.6 Å². The predicted molar refractivity (Wildman–Crippen MR) is 60.2 cm³/mol. The highest BCUT2D eigenvalue weighted by molar-refractivity contribution is 6.61. The maximum Gasteiger partial charge on any atom is 0.491 e. The van der Waals surface area contributed by atoms with Crippen molar-refractivity contribution in [3.05, 3.63) is 28.8 Å². The Labute approximate surface area is 90.4 Å². The van der Waals surface area contributed by atoms with Crippen LogP contribution < -0.4 is 5.46 Å². The zero-order valence-corrected chi connectivity index (χ0v) is 8.99. The molecule has 78 valence electrons. The van der Waals surface area contributed by atoms with E-state index in [1.807, 2.05) is 0 Å². The van der Waals surface area contributed by atoms with Crippen molar-refractivity contribution in [3.63, 3.8) is 0 Å². The van der Waals surface area contributed by atoms with Crippen molar-refractivity contribution in [2.24, 2.45) is 0 Å². The third kappa shape index (κ3) is 1.34. The molecule has 1 heterocycles.